The highest BCUT2D eigenvalue weighted by atomic mass is 16.1. The molecular weight excluding hydrogens is 152 g/mol. The molecule has 0 saturated heterocycles. The summed E-state index contributed by atoms with van der Waals surface area (Å²) in [5, 5.41) is 0. The Kier molecular flexibility index (Phi) is 3.09. The van der Waals surface area contributed by atoms with Gasteiger partial charge < -0.3 is 0 Å². The van der Waals surface area contributed by atoms with Crippen LogP contribution in [0, 0.1) is 11.8 Å². The van der Waals surface area contributed by atoms with E-state index in [4.69, 9.17) is 0 Å². The summed E-state index contributed by atoms with van der Waals surface area (Å²) in [4.78, 5) is 14.9. The van der Waals surface area contributed by atoms with Crippen molar-refractivity contribution in [1.82, 2.24) is 9.55 Å². The second-order valence-corrected chi connectivity index (χ2v) is 2.29. The fraction of sp³-hybridized carbons (Fsp3) is 0.333. The average molecular weight is 162 g/mol. The van der Waals surface area contributed by atoms with E-state index in [1.807, 2.05) is 0 Å². The molecule has 0 aliphatic heterocycles. The van der Waals surface area contributed by atoms with E-state index in [2.05, 4.69) is 16.8 Å². The standard InChI is InChI=1S/C9H10N2O/c1-2-3-4-7-11-8-10-6-5-9(11)12/h5-6,8H,4,7H2,1H3. The Labute approximate surface area is 71.1 Å². The number of aromatic nitrogens is 2. The quantitative estimate of drug-likeness (QED) is 0.599. The molecule has 62 valence electrons. The fourth-order valence-corrected chi connectivity index (χ4v) is 0.848. The maximum Gasteiger partial charge on any atom is 0.253 e. The smallest absolute Gasteiger partial charge is 0.253 e. The molecular formula is C9H10N2O. The van der Waals surface area contributed by atoms with E-state index < -0.39 is 0 Å². The second kappa shape index (κ2) is 4.35. The third-order valence-corrected chi connectivity index (χ3v) is 1.45. The highest BCUT2D eigenvalue weighted by molar-refractivity contribution is 4.95. The number of hydrogen-bond acceptors (Lipinski definition) is 2. The molecule has 0 N–H and O–H groups in total. The van der Waals surface area contributed by atoms with Crippen molar-refractivity contribution in [3.8, 4) is 11.8 Å². The lowest BCUT2D eigenvalue weighted by atomic mass is 10.4. The first kappa shape index (κ1) is 8.54. The van der Waals surface area contributed by atoms with Crippen LogP contribution >= 0.6 is 0 Å². The summed E-state index contributed by atoms with van der Waals surface area (Å²) in [5.74, 6) is 5.66. The van der Waals surface area contributed by atoms with E-state index in [1.54, 1.807) is 11.5 Å². The van der Waals surface area contributed by atoms with Gasteiger partial charge in [0.2, 0.25) is 0 Å². The first-order chi connectivity index (χ1) is 5.84. The molecule has 1 aromatic heterocycles. The van der Waals surface area contributed by atoms with Crippen molar-refractivity contribution in [3.63, 3.8) is 0 Å². The normalized spacial score (nSPS) is 8.75. The van der Waals surface area contributed by atoms with Crippen molar-refractivity contribution in [2.24, 2.45) is 0 Å². The molecule has 3 heteroatoms. The minimum absolute atomic E-state index is 0.0251. The minimum Gasteiger partial charge on any atom is -0.298 e. The molecule has 0 aliphatic rings. The molecule has 12 heavy (non-hydrogen) atoms. The van der Waals surface area contributed by atoms with Gasteiger partial charge in [0.15, 0.2) is 0 Å². The van der Waals surface area contributed by atoms with E-state index >= 15 is 0 Å². The largest absolute Gasteiger partial charge is 0.298 e. The summed E-state index contributed by atoms with van der Waals surface area (Å²) in [6.45, 7) is 2.40. The van der Waals surface area contributed by atoms with Gasteiger partial charge in [0.25, 0.3) is 5.56 Å². The SMILES string of the molecule is CC#CCCn1cnccc1=O. The van der Waals surface area contributed by atoms with Crippen LogP contribution in [0.5, 0.6) is 0 Å². The van der Waals surface area contributed by atoms with E-state index in [0.29, 0.717) is 13.0 Å². The first-order valence-corrected chi connectivity index (χ1v) is 3.74. The molecule has 0 saturated carbocycles. The van der Waals surface area contributed by atoms with Crippen LogP contribution in [0.3, 0.4) is 0 Å². The van der Waals surface area contributed by atoms with Crippen LogP contribution in [0.25, 0.3) is 0 Å². The summed E-state index contributed by atoms with van der Waals surface area (Å²) in [6.07, 6.45) is 3.71. The molecule has 1 aromatic rings. The lowest BCUT2D eigenvalue weighted by molar-refractivity contribution is 0.672. The molecule has 0 bridgehead atoms. The van der Waals surface area contributed by atoms with Gasteiger partial charge in [0.1, 0.15) is 0 Å². The maximum absolute atomic E-state index is 11.1. The fourth-order valence-electron chi connectivity index (χ4n) is 0.848. The molecule has 3 nitrogen and oxygen atoms in total. The number of nitrogens with zero attached hydrogens (tertiary/aromatic N) is 2. The Morgan fingerprint density at radius 1 is 1.67 bits per heavy atom. The van der Waals surface area contributed by atoms with Crippen LogP contribution in [0.1, 0.15) is 13.3 Å². The number of rotatable bonds is 2. The zero-order chi connectivity index (χ0) is 8.81. The van der Waals surface area contributed by atoms with E-state index in [-0.39, 0.29) is 5.56 Å². The van der Waals surface area contributed by atoms with Gasteiger partial charge in [-0.3, -0.25) is 9.36 Å². The van der Waals surface area contributed by atoms with Gasteiger partial charge in [0.05, 0.1) is 6.33 Å². The van der Waals surface area contributed by atoms with E-state index in [0.717, 1.165) is 0 Å². The van der Waals surface area contributed by atoms with E-state index in [1.165, 1.54) is 18.6 Å². The predicted molar refractivity (Wildman–Crippen MR) is 46.6 cm³/mol. The molecule has 0 fully saturated rings. The molecule has 0 aliphatic carbocycles. The summed E-state index contributed by atoms with van der Waals surface area (Å²) in [6, 6.07) is 1.44. The van der Waals surface area contributed by atoms with Gasteiger partial charge in [-0.1, -0.05) is 0 Å². The zero-order valence-electron chi connectivity index (χ0n) is 6.95. The molecule has 0 spiro atoms. The maximum atomic E-state index is 11.1. The van der Waals surface area contributed by atoms with Crippen LogP contribution in [-0.2, 0) is 6.54 Å². The molecule has 0 atom stereocenters. The van der Waals surface area contributed by atoms with Crippen molar-refractivity contribution < 1.29 is 0 Å². The summed E-state index contributed by atoms with van der Waals surface area (Å²) in [7, 11) is 0. The van der Waals surface area contributed by atoms with Crippen molar-refractivity contribution in [2.75, 3.05) is 0 Å². The van der Waals surface area contributed by atoms with Crippen LogP contribution in [0.2, 0.25) is 0 Å². The minimum atomic E-state index is -0.0251. The molecule has 0 amide bonds. The van der Waals surface area contributed by atoms with E-state index in [9.17, 15) is 4.79 Å². The van der Waals surface area contributed by atoms with Gasteiger partial charge in [-0.25, -0.2) is 4.98 Å². The third kappa shape index (κ3) is 2.24. The summed E-state index contributed by atoms with van der Waals surface area (Å²) in [5.41, 5.74) is -0.0251. The van der Waals surface area contributed by atoms with Gasteiger partial charge in [-0.05, 0) is 6.92 Å². The molecule has 0 aromatic carbocycles. The van der Waals surface area contributed by atoms with Gasteiger partial charge >= 0.3 is 0 Å². The number of aryl methyl sites for hydroxylation is 1. The lowest BCUT2D eigenvalue weighted by Gasteiger charge is -1.98. The van der Waals surface area contributed by atoms with Gasteiger partial charge in [-0.2, -0.15) is 0 Å². The Morgan fingerprint density at radius 2 is 2.50 bits per heavy atom. The first-order valence-electron chi connectivity index (χ1n) is 3.74. The second-order valence-electron chi connectivity index (χ2n) is 2.29. The average Bonchev–Trinajstić information content (AvgIpc) is 2.09. The van der Waals surface area contributed by atoms with Crippen molar-refractivity contribution in [1.29, 1.82) is 0 Å². The van der Waals surface area contributed by atoms with Gasteiger partial charge in [-0.15, -0.1) is 11.8 Å². The Morgan fingerprint density at radius 3 is 3.17 bits per heavy atom. The summed E-state index contributed by atoms with van der Waals surface area (Å²) < 4.78 is 1.55. The molecule has 1 heterocycles. The third-order valence-electron chi connectivity index (χ3n) is 1.45. The molecule has 0 radical (unpaired) electrons. The Bertz CT molecular complexity index is 357. The van der Waals surface area contributed by atoms with Crippen molar-refractivity contribution in [3.05, 3.63) is 28.9 Å². The monoisotopic (exact) mass is 162 g/mol. The van der Waals surface area contributed by atoms with Gasteiger partial charge in [0, 0.05) is 25.2 Å². The number of hydrogen-bond donors (Lipinski definition) is 0. The van der Waals surface area contributed by atoms with Crippen molar-refractivity contribution >= 4 is 0 Å². The Balaban J connectivity index is 2.67. The van der Waals surface area contributed by atoms with Crippen molar-refractivity contribution in [2.45, 2.75) is 19.9 Å². The topological polar surface area (TPSA) is 34.9 Å². The van der Waals surface area contributed by atoms with Crippen LogP contribution in [0.4, 0.5) is 0 Å². The van der Waals surface area contributed by atoms with Crippen LogP contribution in [0.15, 0.2) is 23.4 Å². The lowest BCUT2D eigenvalue weighted by Crippen LogP contribution is -2.18. The Hall–Kier alpha value is -1.56. The molecule has 1 rings (SSSR count). The molecule has 0 unspecified atom stereocenters. The zero-order valence-corrected chi connectivity index (χ0v) is 6.95. The van der Waals surface area contributed by atoms with Crippen LogP contribution < -0.4 is 5.56 Å². The highest BCUT2D eigenvalue weighted by Gasteiger charge is 1.90. The highest BCUT2D eigenvalue weighted by Crippen LogP contribution is 1.82. The summed E-state index contributed by atoms with van der Waals surface area (Å²) >= 11 is 0. The van der Waals surface area contributed by atoms with Crippen LogP contribution in [-0.4, -0.2) is 9.55 Å². The predicted octanol–water partition coefficient (Wildman–Crippen LogP) is 0.657.